The van der Waals surface area contributed by atoms with Gasteiger partial charge < -0.3 is 15.1 Å². The van der Waals surface area contributed by atoms with E-state index < -0.39 is 8.07 Å². The molecular formula is C20H27N5OSSi. The van der Waals surface area contributed by atoms with Crippen LogP contribution in [0.3, 0.4) is 0 Å². The van der Waals surface area contributed by atoms with E-state index in [2.05, 4.69) is 52.2 Å². The molecule has 0 bridgehead atoms. The fraction of sp³-hybridized carbons (Fsp3) is 0.400. The van der Waals surface area contributed by atoms with Crippen LogP contribution in [0, 0.1) is 0 Å². The van der Waals surface area contributed by atoms with E-state index in [1.807, 2.05) is 24.3 Å². The molecule has 0 aliphatic rings. The molecule has 28 heavy (non-hydrogen) atoms. The molecule has 0 fully saturated rings. The van der Waals surface area contributed by atoms with Gasteiger partial charge in [0.05, 0.1) is 11.6 Å². The summed E-state index contributed by atoms with van der Waals surface area (Å²) in [6.45, 7) is 9.79. The van der Waals surface area contributed by atoms with E-state index in [1.165, 1.54) is 12.8 Å². The van der Waals surface area contributed by atoms with Crippen molar-refractivity contribution in [1.29, 1.82) is 0 Å². The Morgan fingerprint density at radius 2 is 1.93 bits per heavy atom. The Labute approximate surface area is 172 Å². The maximum absolute atomic E-state index is 6.03. The van der Waals surface area contributed by atoms with Gasteiger partial charge in [-0.15, -0.1) is 0 Å². The Kier molecular flexibility index (Phi) is 6.41. The molecule has 0 spiro atoms. The monoisotopic (exact) mass is 413 g/mol. The Morgan fingerprint density at radius 3 is 2.64 bits per heavy atom. The highest BCUT2D eigenvalue weighted by molar-refractivity contribution is 7.80. The lowest BCUT2D eigenvalue weighted by atomic mass is 10.2. The van der Waals surface area contributed by atoms with E-state index in [0.29, 0.717) is 22.3 Å². The first kappa shape index (κ1) is 20.4. The van der Waals surface area contributed by atoms with E-state index in [0.717, 1.165) is 29.6 Å². The molecule has 3 rings (SSSR count). The molecule has 3 heterocycles. The zero-order valence-electron chi connectivity index (χ0n) is 16.9. The minimum atomic E-state index is -1.50. The van der Waals surface area contributed by atoms with Crippen LogP contribution >= 0.6 is 12.2 Å². The fourth-order valence-corrected chi connectivity index (χ4v) is 3.91. The second-order valence-corrected chi connectivity index (χ2v) is 13.2. The van der Waals surface area contributed by atoms with Crippen molar-refractivity contribution >= 4 is 47.8 Å². The third-order valence-corrected chi connectivity index (χ3v) is 6.31. The van der Waals surface area contributed by atoms with Crippen LogP contribution in [0.25, 0.3) is 22.6 Å². The highest BCUT2D eigenvalue weighted by Crippen LogP contribution is 2.20. The Balaban J connectivity index is 1.76. The first-order valence-corrected chi connectivity index (χ1v) is 13.6. The van der Waals surface area contributed by atoms with Crippen LogP contribution < -0.4 is 16.0 Å². The van der Waals surface area contributed by atoms with E-state index in [9.17, 15) is 0 Å². The summed E-state index contributed by atoms with van der Waals surface area (Å²) in [4.78, 5) is 13.7. The molecule has 0 atom stereocenters. The lowest BCUT2D eigenvalue weighted by Gasteiger charge is -2.11. The van der Waals surface area contributed by atoms with Gasteiger partial charge in [-0.3, -0.25) is 4.98 Å². The molecule has 0 aliphatic carbocycles. The van der Waals surface area contributed by atoms with Gasteiger partial charge in [-0.1, -0.05) is 39.4 Å². The van der Waals surface area contributed by atoms with Crippen LogP contribution in [0.15, 0.2) is 34.9 Å². The summed E-state index contributed by atoms with van der Waals surface area (Å²) in [5.74, 6) is 1.37. The van der Waals surface area contributed by atoms with Crippen molar-refractivity contribution in [2.45, 2.75) is 45.8 Å². The van der Waals surface area contributed by atoms with Crippen LogP contribution in [0.5, 0.6) is 0 Å². The maximum Gasteiger partial charge on any atom is 0.180 e. The normalized spacial score (nSPS) is 11.6. The number of thiocarbonyl (C=S) groups is 1. The van der Waals surface area contributed by atoms with Crippen molar-refractivity contribution in [2.75, 3.05) is 11.9 Å². The van der Waals surface area contributed by atoms with Crippen molar-refractivity contribution in [3.8, 4) is 11.5 Å². The molecule has 0 radical (unpaired) electrons. The second kappa shape index (κ2) is 8.79. The summed E-state index contributed by atoms with van der Waals surface area (Å²) < 4.78 is 6.03. The standard InChI is InChI=1S/C20H27N5OSSi/c1-5-6-7-12-21-20(27)25-17-10-8-14-19(24-17)23-15(13-22-14)16-9-11-18(26-16)28(2,3)4/h8-11,13H,5-7,12H2,1-4H3,(H2,21,23,24,25,27). The van der Waals surface area contributed by atoms with Gasteiger partial charge in [0, 0.05) is 6.54 Å². The Morgan fingerprint density at radius 1 is 1.11 bits per heavy atom. The van der Waals surface area contributed by atoms with Crippen LogP contribution in [0.1, 0.15) is 26.2 Å². The third kappa shape index (κ3) is 5.14. The molecule has 148 valence electrons. The van der Waals surface area contributed by atoms with Crippen molar-refractivity contribution in [2.24, 2.45) is 0 Å². The largest absolute Gasteiger partial charge is 0.465 e. The number of anilines is 1. The number of pyridine rings is 1. The van der Waals surface area contributed by atoms with Gasteiger partial charge in [-0.2, -0.15) is 0 Å². The molecule has 6 nitrogen and oxygen atoms in total. The second-order valence-electron chi connectivity index (χ2n) is 7.80. The van der Waals surface area contributed by atoms with Gasteiger partial charge in [0.25, 0.3) is 0 Å². The minimum absolute atomic E-state index is 0.558. The van der Waals surface area contributed by atoms with Crippen molar-refractivity contribution in [3.63, 3.8) is 0 Å². The predicted molar refractivity (Wildman–Crippen MR) is 122 cm³/mol. The first-order valence-electron chi connectivity index (χ1n) is 9.66. The highest BCUT2D eigenvalue weighted by atomic mass is 32.1. The van der Waals surface area contributed by atoms with E-state index >= 15 is 0 Å². The van der Waals surface area contributed by atoms with Gasteiger partial charge in [0.1, 0.15) is 25.1 Å². The van der Waals surface area contributed by atoms with Crippen LogP contribution in [0.4, 0.5) is 5.82 Å². The predicted octanol–water partition coefficient (Wildman–Crippen LogP) is 4.31. The number of rotatable bonds is 7. The van der Waals surface area contributed by atoms with Gasteiger partial charge >= 0.3 is 0 Å². The number of aromatic nitrogens is 3. The minimum Gasteiger partial charge on any atom is -0.465 e. The summed E-state index contributed by atoms with van der Waals surface area (Å²) in [5.41, 5.74) is 1.97. The molecule has 3 aromatic heterocycles. The molecule has 0 saturated carbocycles. The molecule has 8 heteroatoms. The molecule has 0 aliphatic heterocycles. The number of nitrogens with zero attached hydrogens (tertiary/aromatic N) is 3. The average Bonchev–Trinajstić information content (AvgIpc) is 3.15. The Hall–Kier alpha value is -2.32. The van der Waals surface area contributed by atoms with Crippen LogP contribution in [-0.2, 0) is 0 Å². The zero-order chi connectivity index (χ0) is 20.1. The summed E-state index contributed by atoms with van der Waals surface area (Å²) >= 11 is 5.34. The van der Waals surface area contributed by atoms with E-state index in [1.54, 1.807) is 6.20 Å². The maximum atomic E-state index is 6.03. The van der Waals surface area contributed by atoms with Gasteiger partial charge in [-0.05, 0) is 42.9 Å². The molecule has 0 amide bonds. The van der Waals surface area contributed by atoms with Crippen molar-refractivity contribution < 1.29 is 4.42 Å². The number of nitrogens with one attached hydrogen (secondary N) is 2. The molecule has 0 aromatic carbocycles. The van der Waals surface area contributed by atoms with Gasteiger partial charge in [0.15, 0.2) is 16.5 Å². The van der Waals surface area contributed by atoms with Crippen molar-refractivity contribution in [3.05, 3.63) is 30.5 Å². The first-order chi connectivity index (χ1) is 13.4. The lowest BCUT2D eigenvalue weighted by Crippen LogP contribution is -2.36. The molecule has 2 N–H and O–H groups in total. The number of fused-ring (bicyclic) bond motifs is 1. The zero-order valence-corrected chi connectivity index (χ0v) is 18.7. The smallest absolute Gasteiger partial charge is 0.180 e. The Bertz CT molecular complexity index is 967. The van der Waals surface area contributed by atoms with E-state index in [-0.39, 0.29) is 0 Å². The number of hydrogen-bond acceptors (Lipinski definition) is 5. The van der Waals surface area contributed by atoms with Gasteiger partial charge in [-0.25, -0.2) is 9.97 Å². The number of unbranched alkanes of at least 4 members (excludes halogenated alkanes) is 2. The highest BCUT2D eigenvalue weighted by Gasteiger charge is 2.21. The summed E-state index contributed by atoms with van der Waals surface area (Å²) in [6, 6.07) is 7.74. The molecule has 0 saturated heterocycles. The third-order valence-electron chi connectivity index (χ3n) is 4.31. The van der Waals surface area contributed by atoms with E-state index in [4.69, 9.17) is 16.6 Å². The van der Waals surface area contributed by atoms with Crippen LogP contribution in [-0.4, -0.2) is 34.7 Å². The summed E-state index contributed by atoms with van der Waals surface area (Å²) in [7, 11) is -1.50. The SMILES string of the molecule is CCCCCNC(=S)Nc1ccc2ncc(-c3ccc([Si](C)(C)C)o3)nc2n1. The number of hydrogen-bond donors (Lipinski definition) is 2. The fourth-order valence-electron chi connectivity index (χ4n) is 2.70. The quantitative estimate of drug-likeness (QED) is 0.340. The topological polar surface area (TPSA) is 75.9 Å². The molecule has 0 unspecified atom stereocenters. The molecular weight excluding hydrogens is 386 g/mol. The summed E-state index contributed by atoms with van der Waals surface area (Å²) in [5, 5.41) is 7.93. The number of furan rings is 1. The van der Waals surface area contributed by atoms with Gasteiger partial charge in [0.2, 0.25) is 0 Å². The summed E-state index contributed by atoms with van der Waals surface area (Å²) in [6.07, 6.45) is 5.20. The van der Waals surface area contributed by atoms with Crippen molar-refractivity contribution in [1.82, 2.24) is 20.3 Å². The lowest BCUT2D eigenvalue weighted by molar-refractivity contribution is 0.610. The van der Waals surface area contributed by atoms with Crippen LogP contribution in [0.2, 0.25) is 19.6 Å². The average molecular weight is 414 g/mol. The molecule has 3 aromatic rings.